The molecule has 31 heavy (non-hydrogen) atoms. The van der Waals surface area contributed by atoms with Gasteiger partial charge in [0.15, 0.2) is 5.96 Å². The SMILES string of the molecule is CCN(CC)C(CNC(=NC)NCc1ccc(C(=O)N(C)C)cc1)c1ccccc1Cl. The molecule has 2 aromatic rings. The molecule has 0 aliphatic rings. The molecule has 0 saturated heterocycles. The molecule has 168 valence electrons. The van der Waals surface area contributed by atoms with Crippen LogP contribution in [0.5, 0.6) is 0 Å². The Bertz CT molecular complexity index is 863. The third kappa shape index (κ3) is 6.97. The third-order valence-electron chi connectivity index (χ3n) is 5.27. The molecule has 2 N–H and O–H groups in total. The van der Waals surface area contributed by atoms with E-state index in [0.717, 1.165) is 35.2 Å². The fraction of sp³-hybridized carbons (Fsp3) is 0.417. The molecule has 7 heteroatoms. The summed E-state index contributed by atoms with van der Waals surface area (Å²) >= 11 is 6.49. The highest BCUT2D eigenvalue weighted by molar-refractivity contribution is 6.31. The van der Waals surface area contributed by atoms with Crippen molar-refractivity contribution >= 4 is 23.5 Å². The molecule has 0 radical (unpaired) electrons. The van der Waals surface area contributed by atoms with E-state index in [0.29, 0.717) is 18.7 Å². The molecule has 1 atom stereocenters. The summed E-state index contributed by atoms with van der Waals surface area (Å²) in [5, 5.41) is 7.56. The number of hydrogen-bond donors (Lipinski definition) is 2. The topological polar surface area (TPSA) is 60.0 Å². The van der Waals surface area contributed by atoms with Crippen LogP contribution in [0.3, 0.4) is 0 Å². The molecule has 0 fully saturated rings. The Balaban J connectivity index is 2.01. The molecule has 2 rings (SSSR count). The first-order valence-electron chi connectivity index (χ1n) is 10.6. The molecule has 1 unspecified atom stereocenters. The summed E-state index contributed by atoms with van der Waals surface area (Å²) in [6, 6.07) is 15.8. The number of carbonyl (C=O) groups is 1. The van der Waals surface area contributed by atoms with Crippen molar-refractivity contribution in [1.82, 2.24) is 20.4 Å². The van der Waals surface area contributed by atoms with Gasteiger partial charge in [0.2, 0.25) is 0 Å². The van der Waals surface area contributed by atoms with Crippen LogP contribution in [-0.4, -0.2) is 62.4 Å². The minimum absolute atomic E-state index is 0.000923. The molecular formula is C24H34ClN5O. The van der Waals surface area contributed by atoms with Crippen LogP contribution in [0.15, 0.2) is 53.5 Å². The Labute approximate surface area is 191 Å². The number of amides is 1. The summed E-state index contributed by atoms with van der Waals surface area (Å²) in [6.07, 6.45) is 0. The van der Waals surface area contributed by atoms with Gasteiger partial charge >= 0.3 is 0 Å². The minimum Gasteiger partial charge on any atom is -0.354 e. The standard InChI is InChI=1S/C24H34ClN5O/c1-6-30(7-2)22(20-10-8-9-11-21(20)25)17-28-24(26-3)27-16-18-12-14-19(15-13-18)23(31)29(4)5/h8-15,22H,6-7,16-17H2,1-5H3,(H2,26,27,28). The molecule has 1 amide bonds. The zero-order valence-corrected chi connectivity index (χ0v) is 19.9. The summed E-state index contributed by atoms with van der Waals surface area (Å²) in [7, 11) is 5.26. The van der Waals surface area contributed by atoms with Crippen molar-refractivity contribution in [3.8, 4) is 0 Å². The summed E-state index contributed by atoms with van der Waals surface area (Å²) < 4.78 is 0. The van der Waals surface area contributed by atoms with Crippen LogP contribution in [0.1, 0.15) is 41.4 Å². The van der Waals surface area contributed by atoms with Crippen LogP contribution in [0.4, 0.5) is 0 Å². The number of carbonyl (C=O) groups excluding carboxylic acids is 1. The van der Waals surface area contributed by atoms with Crippen LogP contribution < -0.4 is 10.6 Å². The number of halogens is 1. The van der Waals surface area contributed by atoms with Crippen LogP contribution in [0.25, 0.3) is 0 Å². The van der Waals surface area contributed by atoms with Crippen molar-refractivity contribution < 1.29 is 4.79 Å². The van der Waals surface area contributed by atoms with E-state index >= 15 is 0 Å². The van der Waals surface area contributed by atoms with Gasteiger partial charge in [0.05, 0.1) is 6.04 Å². The van der Waals surface area contributed by atoms with Crippen molar-refractivity contribution in [2.75, 3.05) is 40.8 Å². The van der Waals surface area contributed by atoms with Crippen LogP contribution in [-0.2, 0) is 6.54 Å². The summed E-state index contributed by atoms with van der Waals surface area (Å²) in [5.41, 5.74) is 2.86. The largest absolute Gasteiger partial charge is 0.354 e. The first-order chi connectivity index (χ1) is 14.9. The number of rotatable bonds is 9. The molecule has 0 aliphatic carbocycles. The molecule has 0 aliphatic heterocycles. The van der Waals surface area contributed by atoms with Crippen LogP contribution in [0, 0.1) is 0 Å². The lowest BCUT2D eigenvalue weighted by Gasteiger charge is -2.31. The molecule has 0 heterocycles. The average molecular weight is 444 g/mol. The third-order valence-corrected chi connectivity index (χ3v) is 5.62. The van der Waals surface area contributed by atoms with E-state index in [4.69, 9.17) is 11.6 Å². The maximum atomic E-state index is 12.0. The second-order valence-electron chi connectivity index (χ2n) is 7.46. The van der Waals surface area contributed by atoms with Crippen molar-refractivity contribution in [1.29, 1.82) is 0 Å². The van der Waals surface area contributed by atoms with Crippen LogP contribution in [0.2, 0.25) is 5.02 Å². The highest BCUT2D eigenvalue weighted by Crippen LogP contribution is 2.26. The maximum absolute atomic E-state index is 12.0. The Morgan fingerprint density at radius 2 is 1.68 bits per heavy atom. The lowest BCUT2D eigenvalue weighted by molar-refractivity contribution is 0.0827. The normalized spacial score (nSPS) is 12.5. The predicted octanol–water partition coefficient (Wildman–Crippen LogP) is 3.79. The molecule has 0 saturated carbocycles. The van der Waals surface area contributed by atoms with Crippen molar-refractivity contribution in [2.24, 2.45) is 4.99 Å². The van der Waals surface area contributed by atoms with Gasteiger partial charge in [0.1, 0.15) is 0 Å². The molecule has 2 aromatic carbocycles. The second-order valence-corrected chi connectivity index (χ2v) is 7.87. The predicted molar refractivity (Wildman–Crippen MR) is 130 cm³/mol. The number of nitrogens with zero attached hydrogens (tertiary/aromatic N) is 3. The zero-order valence-electron chi connectivity index (χ0n) is 19.2. The first kappa shape index (κ1) is 24.7. The highest BCUT2D eigenvalue weighted by atomic mass is 35.5. The summed E-state index contributed by atoms with van der Waals surface area (Å²) in [6.45, 7) is 7.46. The highest BCUT2D eigenvalue weighted by Gasteiger charge is 2.20. The van der Waals surface area contributed by atoms with Crippen molar-refractivity contribution in [3.63, 3.8) is 0 Å². The monoisotopic (exact) mass is 443 g/mol. The Morgan fingerprint density at radius 3 is 2.23 bits per heavy atom. The number of likely N-dealkylation sites (N-methyl/N-ethyl adjacent to an activating group) is 1. The Morgan fingerprint density at radius 1 is 1.03 bits per heavy atom. The van der Waals surface area contributed by atoms with Crippen molar-refractivity contribution in [3.05, 3.63) is 70.2 Å². The molecule has 0 aromatic heterocycles. The lowest BCUT2D eigenvalue weighted by Crippen LogP contribution is -2.43. The number of guanidine groups is 1. The smallest absolute Gasteiger partial charge is 0.253 e. The van der Waals surface area contributed by atoms with E-state index in [9.17, 15) is 4.79 Å². The molecular weight excluding hydrogens is 410 g/mol. The van der Waals surface area contributed by atoms with Crippen LogP contribution >= 0.6 is 11.6 Å². The van der Waals surface area contributed by atoms with Crippen molar-refractivity contribution in [2.45, 2.75) is 26.4 Å². The van der Waals surface area contributed by atoms with Gasteiger partial charge in [-0.1, -0.05) is 55.8 Å². The fourth-order valence-corrected chi connectivity index (χ4v) is 3.73. The van der Waals surface area contributed by atoms with Gasteiger partial charge in [0.25, 0.3) is 5.91 Å². The van der Waals surface area contributed by atoms with E-state index in [1.807, 2.05) is 42.5 Å². The number of aliphatic imine (C=N–C) groups is 1. The van der Waals surface area contributed by atoms with Gasteiger partial charge < -0.3 is 15.5 Å². The first-order valence-corrected chi connectivity index (χ1v) is 11.0. The van der Waals surface area contributed by atoms with Gasteiger partial charge in [-0.05, 0) is 42.4 Å². The van der Waals surface area contributed by atoms with Gasteiger partial charge in [-0.3, -0.25) is 14.7 Å². The van der Waals surface area contributed by atoms with Gasteiger partial charge in [0, 0.05) is 44.8 Å². The summed E-state index contributed by atoms with van der Waals surface area (Å²) in [5.74, 6) is 0.719. The maximum Gasteiger partial charge on any atom is 0.253 e. The summed E-state index contributed by atoms with van der Waals surface area (Å²) in [4.78, 5) is 20.3. The van der Waals surface area contributed by atoms with E-state index in [2.05, 4.69) is 40.4 Å². The van der Waals surface area contributed by atoms with E-state index in [-0.39, 0.29) is 11.9 Å². The van der Waals surface area contributed by atoms with Gasteiger partial charge in [-0.2, -0.15) is 0 Å². The average Bonchev–Trinajstić information content (AvgIpc) is 2.79. The number of benzene rings is 2. The molecule has 0 spiro atoms. The quantitative estimate of drug-likeness (QED) is 0.457. The van der Waals surface area contributed by atoms with Gasteiger partial charge in [-0.25, -0.2) is 0 Å². The molecule has 6 nitrogen and oxygen atoms in total. The minimum atomic E-state index is -0.000923. The fourth-order valence-electron chi connectivity index (χ4n) is 3.47. The van der Waals surface area contributed by atoms with E-state index in [1.54, 1.807) is 26.0 Å². The Kier molecular flexibility index (Phi) is 9.82. The number of nitrogens with one attached hydrogen (secondary N) is 2. The second kappa shape index (κ2) is 12.3. The molecule has 0 bridgehead atoms. The Hall–Kier alpha value is -2.57. The zero-order chi connectivity index (χ0) is 22.8. The van der Waals surface area contributed by atoms with E-state index in [1.165, 1.54) is 0 Å². The lowest BCUT2D eigenvalue weighted by atomic mass is 10.0. The van der Waals surface area contributed by atoms with E-state index < -0.39 is 0 Å². The van der Waals surface area contributed by atoms with Gasteiger partial charge in [-0.15, -0.1) is 0 Å². The number of hydrogen-bond acceptors (Lipinski definition) is 3.